The van der Waals surface area contributed by atoms with Crippen molar-refractivity contribution < 1.29 is 13.6 Å². The SMILES string of the molecule is Nc1ccc(-c2cc(F)c(C=O)c(F)c2)nc1NCc1ccc2ncsc2c1. The molecular weight excluding hydrogens is 382 g/mol. The second kappa shape index (κ2) is 7.32. The van der Waals surface area contributed by atoms with Gasteiger partial charge in [0.25, 0.3) is 0 Å². The third-order valence-electron chi connectivity index (χ3n) is 4.27. The molecule has 2 aromatic heterocycles. The highest BCUT2D eigenvalue weighted by Crippen LogP contribution is 2.27. The molecule has 0 radical (unpaired) electrons. The maximum Gasteiger partial charge on any atom is 0.155 e. The van der Waals surface area contributed by atoms with Crippen LogP contribution in [0.4, 0.5) is 20.3 Å². The van der Waals surface area contributed by atoms with Gasteiger partial charge in [0.2, 0.25) is 0 Å². The van der Waals surface area contributed by atoms with Gasteiger partial charge < -0.3 is 11.1 Å². The van der Waals surface area contributed by atoms with Crippen molar-refractivity contribution >= 4 is 39.3 Å². The second-order valence-electron chi connectivity index (χ2n) is 6.11. The molecule has 0 amide bonds. The average molecular weight is 396 g/mol. The number of aldehydes is 1. The van der Waals surface area contributed by atoms with E-state index in [1.807, 2.05) is 18.2 Å². The van der Waals surface area contributed by atoms with E-state index in [0.29, 0.717) is 23.7 Å². The van der Waals surface area contributed by atoms with Crippen molar-refractivity contribution in [1.82, 2.24) is 9.97 Å². The summed E-state index contributed by atoms with van der Waals surface area (Å²) < 4.78 is 28.9. The van der Waals surface area contributed by atoms with Crippen LogP contribution in [-0.4, -0.2) is 16.3 Å². The lowest BCUT2D eigenvalue weighted by Crippen LogP contribution is -2.05. The van der Waals surface area contributed by atoms with Gasteiger partial charge in [0.15, 0.2) is 6.29 Å². The molecule has 4 rings (SSSR count). The normalized spacial score (nSPS) is 10.9. The van der Waals surface area contributed by atoms with Crippen molar-refractivity contribution in [2.75, 3.05) is 11.1 Å². The minimum Gasteiger partial charge on any atom is -0.396 e. The molecule has 0 aliphatic heterocycles. The highest BCUT2D eigenvalue weighted by Gasteiger charge is 2.13. The summed E-state index contributed by atoms with van der Waals surface area (Å²) in [6.07, 6.45) is 0.151. The number of nitrogen functional groups attached to an aromatic ring is 1. The van der Waals surface area contributed by atoms with Crippen LogP contribution in [0.2, 0.25) is 0 Å². The van der Waals surface area contributed by atoms with E-state index < -0.39 is 17.2 Å². The van der Waals surface area contributed by atoms with Crippen LogP contribution in [0, 0.1) is 11.6 Å². The molecule has 4 aromatic rings. The molecule has 5 nitrogen and oxygen atoms in total. The Morgan fingerprint density at radius 2 is 1.89 bits per heavy atom. The number of rotatable bonds is 5. The monoisotopic (exact) mass is 396 g/mol. The predicted octanol–water partition coefficient (Wildman–Crippen LogP) is 4.64. The summed E-state index contributed by atoms with van der Waals surface area (Å²) in [6.45, 7) is 0.474. The number of hydrogen-bond donors (Lipinski definition) is 2. The highest BCUT2D eigenvalue weighted by molar-refractivity contribution is 7.16. The molecular formula is C20H14F2N4OS. The third-order valence-corrected chi connectivity index (χ3v) is 5.07. The first-order valence-corrected chi connectivity index (χ1v) is 9.20. The van der Waals surface area contributed by atoms with Crippen LogP contribution in [0.5, 0.6) is 0 Å². The number of pyridine rings is 1. The number of anilines is 2. The number of nitrogens with one attached hydrogen (secondary N) is 1. The third kappa shape index (κ3) is 3.41. The van der Waals surface area contributed by atoms with Gasteiger partial charge in [-0.05, 0) is 42.0 Å². The van der Waals surface area contributed by atoms with Crippen molar-refractivity contribution in [3.8, 4) is 11.3 Å². The Labute approximate surface area is 162 Å². The van der Waals surface area contributed by atoms with Gasteiger partial charge >= 0.3 is 0 Å². The van der Waals surface area contributed by atoms with Crippen molar-refractivity contribution in [3.05, 3.63) is 70.7 Å². The first-order chi connectivity index (χ1) is 13.5. The maximum absolute atomic E-state index is 13.9. The van der Waals surface area contributed by atoms with Crippen LogP contribution >= 0.6 is 11.3 Å². The number of aromatic nitrogens is 2. The van der Waals surface area contributed by atoms with Crippen LogP contribution in [0.3, 0.4) is 0 Å². The number of hydrogen-bond acceptors (Lipinski definition) is 6. The van der Waals surface area contributed by atoms with E-state index in [9.17, 15) is 13.6 Å². The van der Waals surface area contributed by atoms with Crippen LogP contribution in [-0.2, 0) is 6.54 Å². The minimum absolute atomic E-state index is 0.151. The van der Waals surface area contributed by atoms with Gasteiger partial charge in [-0.15, -0.1) is 11.3 Å². The first kappa shape index (κ1) is 18.0. The summed E-state index contributed by atoms with van der Waals surface area (Å²) in [6, 6.07) is 11.3. The van der Waals surface area contributed by atoms with Gasteiger partial charge in [-0.3, -0.25) is 4.79 Å². The number of carbonyl (C=O) groups excluding carboxylic acids is 1. The molecule has 8 heteroatoms. The molecule has 0 fully saturated rings. The summed E-state index contributed by atoms with van der Waals surface area (Å²) in [5.74, 6) is -1.46. The fourth-order valence-electron chi connectivity index (χ4n) is 2.81. The number of thiazole rings is 1. The number of nitrogens with two attached hydrogens (primary N) is 1. The fourth-order valence-corrected chi connectivity index (χ4v) is 3.55. The number of nitrogens with zero attached hydrogens (tertiary/aromatic N) is 2. The van der Waals surface area contributed by atoms with Crippen molar-refractivity contribution in [2.45, 2.75) is 6.54 Å². The second-order valence-corrected chi connectivity index (χ2v) is 7.00. The zero-order valence-electron chi connectivity index (χ0n) is 14.4. The first-order valence-electron chi connectivity index (χ1n) is 8.32. The molecule has 0 aliphatic rings. The summed E-state index contributed by atoms with van der Waals surface area (Å²) in [5.41, 5.74) is 10.1. The standard InChI is InChI=1S/C20H14F2N4OS/c21-14-6-12(7-15(22)13(14)9-27)17-4-2-16(23)20(26-17)24-8-11-1-3-18-19(5-11)28-10-25-18/h1-7,9-10H,8,23H2,(H,24,26). The predicted molar refractivity (Wildman–Crippen MR) is 106 cm³/mol. The van der Waals surface area contributed by atoms with Crippen molar-refractivity contribution in [2.24, 2.45) is 0 Å². The molecule has 2 aromatic carbocycles. The molecule has 3 N–H and O–H groups in total. The van der Waals surface area contributed by atoms with Crippen LogP contribution < -0.4 is 11.1 Å². The maximum atomic E-state index is 13.9. The highest BCUT2D eigenvalue weighted by atomic mass is 32.1. The fraction of sp³-hybridized carbons (Fsp3) is 0.0500. The molecule has 0 saturated carbocycles. The van der Waals surface area contributed by atoms with E-state index in [0.717, 1.165) is 27.9 Å². The van der Waals surface area contributed by atoms with E-state index in [1.165, 1.54) is 0 Å². The molecule has 0 spiro atoms. The molecule has 0 unspecified atom stereocenters. The van der Waals surface area contributed by atoms with Crippen molar-refractivity contribution in [1.29, 1.82) is 0 Å². The van der Waals surface area contributed by atoms with Gasteiger partial charge in [-0.25, -0.2) is 18.7 Å². The Morgan fingerprint density at radius 1 is 1.11 bits per heavy atom. The number of halogens is 2. The van der Waals surface area contributed by atoms with Gasteiger partial charge in [0.05, 0.1) is 32.7 Å². The Bertz CT molecular complexity index is 1170. The number of fused-ring (bicyclic) bond motifs is 1. The lowest BCUT2D eigenvalue weighted by atomic mass is 10.1. The molecule has 0 bridgehead atoms. The van der Waals surface area contributed by atoms with Gasteiger partial charge in [0, 0.05) is 12.1 Å². The smallest absolute Gasteiger partial charge is 0.155 e. The van der Waals surface area contributed by atoms with E-state index in [4.69, 9.17) is 5.73 Å². The van der Waals surface area contributed by atoms with Crippen molar-refractivity contribution in [3.63, 3.8) is 0 Å². The van der Waals surface area contributed by atoms with E-state index in [2.05, 4.69) is 15.3 Å². The lowest BCUT2D eigenvalue weighted by Gasteiger charge is -2.11. The zero-order chi connectivity index (χ0) is 19.7. The van der Waals surface area contributed by atoms with Crippen LogP contribution in [0.1, 0.15) is 15.9 Å². The van der Waals surface area contributed by atoms with Crippen LogP contribution in [0.25, 0.3) is 21.5 Å². The summed E-state index contributed by atoms with van der Waals surface area (Å²) in [4.78, 5) is 19.4. The Balaban J connectivity index is 1.61. The lowest BCUT2D eigenvalue weighted by molar-refractivity contribution is 0.111. The Kier molecular flexibility index (Phi) is 4.70. The largest absolute Gasteiger partial charge is 0.396 e. The topological polar surface area (TPSA) is 80.9 Å². The quantitative estimate of drug-likeness (QED) is 0.480. The van der Waals surface area contributed by atoms with E-state index in [1.54, 1.807) is 29.0 Å². The molecule has 140 valence electrons. The Hall–Kier alpha value is -3.39. The molecule has 2 heterocycles. The van der Waals surface area contributed by atoms with Crippen LogP contribution in [0.15, 0.2) is 48.0 Å². The molecule has 0 atom stereocenters. The van der Waals surface area contributed by atoms with E-state index in [-0.39, 0.29) is 11.8 Å². The molecule has 0 saturated heterocycles. The number of carbonyl (C=O) groups is 1. The summed E-state index contributed by atoms with van der Waals surface area (Å²) >= 11 is 1.56. The number of benzene rings is 2. The summed E-state index contributed by atoms with van der Waals surface area (Å²) in [5, 5.41) is 3.15. The van der Waals surface area contributed by atoms with E-state index >= 15 is 0 Å². The summed E-state index contributed by atoms with van der Waals surface area (Å²) in [7, 11) is 0. The molecule has 28 heavy (non-hydrogen) atoms. The zero-order valence-corrected chi connectivity index (χ0v) is 15.3. The van der Waals surface area contributed by atoms with Gasteiger partial charge in [0.1, 0.15) is 17.5 Å². The van der Waals surface area contributed by atoms with Gasteiger partial charge in [-0.2, -0.15) is 0 Å². The average Bonchev–Trinajstić information content (AvgIpc) is 3.15. The Morgan fingerprint density at radius 3 is 2.64 bits per heavy atom. The van der Waals surface area contributed by atoms with Gasteiger partial charge in [-0.1, -0.05) is 6.07 Å². The minimum atomic E-state index is -0.934. The molecule has 0 aliphatic carbocycles.